The predicted octanol–water partition coefficient (Wildman–Crippen LogP) is 30.1. The Hall–Kier alpha value is 0.0226. The van der Waals surface area contributed by atoms with Gasteiger partial charge in [-0.25, -0.2) is 0 Å². The molecule has 0 saturated heterocycles. The lowest BCUT2D eigenvalue weighted by Gasteiger charge is -2.45. The van der Waals surface area contributed by atoms with E-state index in [1.54, 1.807) is 43.2 Å². The minimum absolute atomic E-state index is 0.631. The Kier molecular flexibility index (Phi) is 27.6. The molecule has 0 unspecified atom stereocenters. The van der Waals surface area contributed by atoms with Gasteiger partial charge in [0.25, 0.3) is 0 Å². The summed E-state index contributed by atoms with van der Waals surface area (Å²) < 4.78 is 0. The van der Waals surface area contributed by atoms with E-state index in [2.05, 4.69) is 381 Å². The maximum atomic E-state index is 2.88. The molecule has 0 fully saturated rings. The SMILES string of the molecule is C[Si](C)(C)C(c1cc(C([Si](C)(C)C)[Si](C)(C)C)c(Sc2ccccc2Sc2ccccc2SSc2ccccc2Sc2ccccc2Sc2c(C([Si](C)(C)C)[Si](C)(C)C)cc(C([Si](C)(C)C)[Si](C)(C)C)cc2C([Si](C)(C)C)[Si](C)(C)C)c(C([Si](C)(C)C)[Si](C)(C)C)c1)[Si](C)(C)C. The Morgan fingerprint density at radius 2 is 0.333 bits per heavy atom. The molecule has 0 nitrogen and oxygen atoms in total. The number of hydrogen-bond donors (Lipinski definition) is 0. The Labute approximate surface area is 629 Å². The molecule has 0 aliphatic heterocycles. The van der Waals surface area contributed by atoms with Crippen LogP contribution in [-0.2, 0) is 0 Å². The predicted molar refractivity (Wildman–Crippen MR) is 483 cm³/mol. The minimum Gasteiger partial charge on any atom is -0.0884 e. The molecule has 18 heteroatoms. The summed E-state index contributed by atoms with van der Waals surface area (Å²) in [5, 5.41) is 3.90. The van der Waals surface area contributed by atoms with E-state index < -0.39 is 96.9 Å². The maximum Gasteiger partial charge on any atom is 0.0493 e. The molecule has 6 aromatic carbocycles. The fraction of sp³-hybridized carbons (Fsp3) is 0.538. The lowest BCUT2D eigenvalue weighted by Crippen LogP contribution is -2.50. The number of hydrogen-bond acceptors (Lipinski definition) is 6. The summed E-state index contributed by atoms with van der Waals surface area (Å²) in [6.45, 7) is 96.9. The third-order valence-corrected chi connectivity index (χ3v) is 82.7. The molecule has 0 N–H and O–H groups in total. The van der Waals surface area contributed by atoms with Gasteiger partial charge in [-0.05, 0) is 113 Å². The van der Waals surface area contributed by atoms with Gasteiger partial charge in [-0.2, -0.15) is 0 Å². The first kappa shape index (κ1) is 85.0. The van der Waals surface area contributed by atoms with Crippen molar-refractivity contribution in [3.05, 3.63) is 155 Å². The molecule has 96 heavy (non-hydrogen) atoms. The first-order valence-corrected chi connectivity index (χ1v) is 84.4. The summed E-state index contributed by atoms with van der Waals surface area (Å²) in [6.07, 6.45) is 0. The van der Waals surface area contributed by atoms with Crippen LogP contribution in [0.25, 0.3) is 0 Å². The van der Waals surface area contributed by atoms with Gasteiger partial charge in [0.05, 0.1) is 0 Å². The zero-order valence-electron chi connectivity index (χ0n) is 67.5. The average Bonchev–Trinajstić information content (AvgIpc) is 0.739. The summed E-state index contributed by atoms with van der Waals surface area (Å²) in [6, 6.07) is 49.1. The van der Waals surface area contributed by atoms with Crippen molar-refractivity contribution in [1.82, 2.24) is 0 Å². The molecule has 0 bridgehead atoms. The molecule has 0 saturated carbocycles. The second kappa shape index (κ2) is 31.2. The molecular formula is C78H134S6Si12. The monoisotopic (exact) mass is 1600 g/mol. The molecule has 0 aromatic heterocycles. The van der Waals surface area contributed by atoms with E-state index in [0.717, 1.165) is 0 Å². The van der Waals surface area contributed by atoms with Gasteiger partial charge < -0.3 is 0 Å². The van der Waals surface area contributed by atoms with Crippen LogP contribution in [0.2, 0.25) is 236 Å². The van der Waals surface area contributed by atoms with Crippen LogP contribution < -0.4 is 0 Å². The van der Waals surface area contributed by atoms with Crippen molar-refractivity contribution in [2.24, 2.45) is 0 Å². The largest absolute Gasteiger partial charge is 0.0884 e. The van der Waals surface area contributed by atoms with Crippen LogP contribution in [0.15, 0.2) is 170 Å². The highest BCUT2D eigenvalue weighted by atomic mass is 33.1. The van der Waals surface area contributed by atoms with Gasteiger partial charge in [-0.1, -0.05) is 377 Å². The van der Waals surface area contributed by atoms with E-state index in [1.165, 1.54) is 39.2 Å². The molecule has 6 aromatic rings. The molecular weight excluding hydrogens is 1470 g/mol. The van der Waals surface area contributed by atoms with Crippen molar-refractivity contribution in [3.8, 4) is 0 Å². The quantitative estimate of drug-likeness (QED) is 0.0337. The number of rotatable bonds is 29. The van der Waals surface area contributed by atoms with Crippen molar-refractivity contribution < 1.29 is 0 Å². The molecule has 0 heterocycles. The van der Waals surface area contributed by atoms with E-state index >= 15 is 0 Å². The summed E-state index contributed by atoms with van der Waals surface area (Å²) in [7, 11) is -16.5. The lowest BCUT2D eigenvalue weighted by atomic mass is 10.1. The number of benzene rings is 6. The normalized spacial score (nSPS) is 14.2. The molecule has 0 aliphatic rings. The molecule has 0 atom stereocenters. The highest BCUT2D eigenvalue weighted by Gasteiger charge is 2.50. The molecule has 6 rings (SSSR count). The van der Waals surface area contributed by atoms with E-state index in [9.17, 15) is 0 Å². The standard InChI is InChI=1S/C78H134S6Si12/c1-85(2,3)73(86(4,5)6)57-53-59(75(89(13,14)15)90(16,17)18)71(60(54-57)76(91(19,20)21)92(22,23)24)81-65-47-39-37-45-63(65)79-67-49-41-43-51-69(67)83-84-70-52-44-42-50-68(70)80-64-46-38-40-48-66(64)82-72-61(77(93(25,26)27)94(28,29)30)55-58(74(87(7,8)9)88(10,11)12)56-62(72)78(95(31,32)33)96(34,35)36/h37-56,73-78H,1-36H3. The second-order valence-electron chi connectivity index (χ2n) is 41.4. The van der Waals surface area contributed by atoms with Crippen LogP contribution in [0.3, 0.4) is 0 Å². The van der Waals surface area contributed by atoms with Crippen LogP contribution in [0.5, 0.6) is 0 Å². The van der Waals surface area contributed by atoms with Gasteiger partial charge in [0.15, 0.2) is 0 Å². The highest BCUT2D eigenvalue weighted by Crippen LogP contribution is 2.57. The summed E-state index contributed by atoms with van der Waals surface area (Å²) >= 11 is 8.28. The van der Waals surface area contributed by atoms with Crippen LogP contribution >= 0.6 is 68.6 Å². The van der Waals surface area contributed by atoms with Crippen LogP contribution in [-0.4, -0.2) is 96.9 Å². The van der Waals surface area contributed by atoms with Gasteiger partial charge in [-0.15, -0.1) is 0 Å². The Balaban J connectivity index is 1.49. The van der Waals surface area contributed by atoms with Gasteiger partial charge >= 0.3 is 0 Å². The summed E-state index contributed by atoms with van der Waals surface area (Å²) in [4.78, 5) is 14.1. The van der Waals surface area contributed by atoms with Gasteiger partial charge in [0.1, 0.15) is 0 Å². The molecule has 0 aliphatic carbocycles. The molecule has 0 radical (unpaired) electrons. The third kappa shape index (κ3) is 21.8. The van der Waals surface area contributed by atoms with Crippen molar-refractivity contribution in [2.45, 2.75) is 316 Å². The van der Waals surface area contributed by atoms with Crippen molar-refractivity contribution in [1.29, 1.82) is 0 Å². The average molecular weight is 1600 g/mol. The second-order valence-corrected chi connectivity index (χ2v) is 115. The van der Waals surface area contributed by atoms with E-state index in [0.29, 0.717) is 31.0 Å². The Morgan fingerprint density at radius 3 is 0.500 bits per heavy atom. The molecule has 0 spiro atoms. The summed E-state index contributed by atoms with van der Waals surface area (Å²) in [5.74, 6) is 0. The Morgan fingerprint density at radius 1 is 0.188 bits per heavy atom. The van der Waals surface area contributed by atoms with Crippen LogP contribution in [0, 0.1) is 0 Å². The van der Waals surface area contributed by atoms with Gasteiger partial charge in [0, 0.05) is 146 Å². The fourth-order valence-corrected chi connectivity index (χ4v) is 104. The van der Waals surface area contributed by atoms with Gasteiger partial charge in [0.2, 0.25) is 0 Å². The van der Waals surface area contributed by atoms with Crippen molar-refractivity contribution >= 4 is 166 Å². The molecule has 530 valence electrons. The lowest BCUT2D eigenvalue weighted by molar-refractivity contribution is 1.01. The van der Waals surface area contributed by atoms with E-state index in [1.807, 2.05) is 45.1 Å². The highest BCUT2D eigenvalue weighted by molar-refractivity contribution is 8.76. The Bertz CT molecular complexity index is 3200. The van der Waals surface area contributed by atoms with E-state index in [-0.39, 0.29) is 0 Å². The van der Waals surface area contributed by atoms with E-state index in [4.69, 9.17) is 0 Å². The first-order valence-electron chi connectivity index (χ1n) is 36.0. The third-order valence-electron chi connectivity index (χ3n) is 19.1. The van der Waals surface area contributed by atoms with Crippen LogP contribution in [0.1, 0.15) is 64.4 Å². The minimum atomic E-state index is -1.74. The summed E-state index contributed by atoms with van der Waals surface area (Å²) in [5.41, 5.74) is 10.3. The van der Waals surface area contributed by atoms with Crippen molar-refractivity contribution in [3.63, 3.8) is 0 Å². The van der Waals surface area contributed by atoms with Crippen LogP contribution in [0.4, 0.5) is 0 Å². The van der Waals surface area contributed by atoms with Crippen molar-refractivity contribution in [2.75, 3.05) is 0 Å². The zero-order valence-corrected chi connectivity index (χ0v) is 84.4. The van der Waals surface area contributed by atoms with Gasteiger partial charge in [-0.3, -0.25) is 0 Å². The molecule has 0 amide bonds. The smallest absolute Gasteiger partial charge is 0.0493 e. The first-order chi connectivity index (χ1) is 43.2. The fourth-order valence-electron chi connectivity index (χ4n) is 19.3. The topological polar surface area (TPSA) is 0 Å². The maximum absolute atomic E-state index is 2.88. The zero-order chi connectivity index (χ0) is 73.1.